The predicted molar refractivity (Wildman–Crippen MR) is 127 cm³/mol. The van der Waals surface area contributed by atoms with Gasteiger partial charge in [-0.15, -0.1) is 0 Å². The fraction of sp³-hybridized carbons (Fsp3) is 0.320. The van der Waals surface area contributed by atoms with E-state index in [0.29, 0.717) is 11.8 Å². The van der Waals surface area contributed by atoms with Crippen molar-refractivity contribution in [3.63, 3.8) is 0 Å². The summed E-state index contributed by atoms with van der Waals surface area (Å²) in [6.07, 6.45) is 3.48. The Balaban J connectivity index is 1.54. The van der Waals surface area contributed by atoms with Crippen molar-refractivity contribution in [2.24, 2.45) is 7.05 Å². The molecule has 1 aliphatic carbocycles. The Bertz CT molecular complexity index is 1250. The number of fused-ring (bicyclic) bond motifs is 1. The van der Waals surface area contributed by atoms with E-state index in [-0.39, 0.29) is 6.61 Å². The Labute approximate surface area is 186 Å². The normalized spacial score (nSPS) is 14.0. The third kappa shape index (κ3) is 3.57. The number of alkyl halides is 1. The van der Waals surface area contributed by atoms with Gasteiger partial charge in [0, 0.05) is 41.9 Å². The zero-order chi connectivity index (χ0) is 22.2. The minimum Gasteiger partial charge on any atom is -0.491 e. The summed E-state index contributed by atoms with van der Waals surface area (Å²) in [4.78, 5) is 0. The number of benzene rings is 2. The standard InChI is InChI=1S/C25H28FN5O/c1-16-14-23(30(2)29-16)28-18-8-6-17(7-9-18)25-24(27)21-11-10-20(32-13-12-26)15-22(21)31(25)19-4-3-5-19/h6-11,14-15,19,28H,3-5,12-13,27H2,1-2H3. The van der Waals surface area contributed by atoms with Gasteiger partial charge in [-0.05, 0) is 50.5 Å². The maximum Gasteiger partial charge on any atom is 0.128 e. The van der Waals surface area contributed by atoms with E-state index in [9.17, 15) is 4.39 Å². The fourth-order valence-electron chi connectivity index (χ4n) is 4.47. The first-order valence-electron chi connectivity index (χ1n) is 11.1. The minimum atomic E-state index is -0.506. The van der Waals surface area contributed by atoms with Crippen molar-refractivity contribution < 1.29 is 9.13 Å². The number of aromatic nitrogens is 3. The summed E-state index contributed by atoms with van der Waals surface area (Å²) in [5.74, 6) is 1.62. The lowest BCUT2D eigenvalue weighted by atomic mass is 9.92. The molecule has 1 aliphatic rings. The van der Waals surface area contributed by atoms with E-state index >= 15 is 0 Å². The first kappa shape index (κ1) is 20.4. The molecule has 1 saturated carbocycles. The van der Waals surface area contributed by atoms with E-state index in [1.807, 2.05) is 42.9 Å². The van der Waals surface area contributed by atoms with Crippen molar-refractivity contribution in [2.45, 2.75) is 32.2 Å². The van der Waals surface area contributed by atoms with Gasteiger partial charge in [-0.3, -0.25) is 4.68 Å². The van der Waals surface area contributed by atoms with Crippen LogP contribution in [-0.2, 0) is 7.05 Å². The lowest BCUT2D eigenvalue weighted by Crippen LogP contribution is -2.18. The van der Waals surface area contributed by atoms with Crippen molar-refractivity contribution >= 4 is 28.1 Å². The van der Waals surface area contributed by atoms with E-state index in [0.717, 1.165) is 57.9 Å². The first-order valence-corrected chi connectivity index (χ1v) is 11.1. The van der Waals surface area contributed by atoms with Crippen molar-refractivity contribution in [3.8, 4) is 17.0 Å². The summed E-state index contributed by atoms with van der Waals surface area (Å²) >= 11 is 0. The SMILES string of the molecule is Cc1cc(Nc2ccc(-c3c(N)c4ccc(OCCF)cc4n3C3CCC3)cc2)n(C)n1. The number of nitrogens with one attached hydrogen (secondary N) is 1. The second-order valence-corrected chi connectivity index (χ2v) is 8.43. The van der Waals surface area contributed by atoms with Crippen LogP contribution in [0.2, 0.25) is 0 Å². The molecule has 0 saturated heterocycles. The van der Waals surface area contributed by atoms with E-state index in [1.54, 1.807) is 0 Å². The molecule has 166 valence electrons. The van der Waals surface area contributed by atoms with E-state index < -0.39 is 6.67 Å². The van der Waals surface area contributed by atoms with E-state index in [1.165, 1.54) is 6.42 Å². The molecule has 0 aliphatic heterocycles. The molecular formula is C25H28FN5O. The largest absolute Gasteiger partial charge is 0.491 e. The van der Waals surface area contributed by atoms with Crippen molar-refractivity contribution in [1.82, 2.24) is 14.3 Å². The highest BCUT2D eigenvalue weighted by atomic mass is 19.1. The number of nitrogen functional groups attached to an aromatic ring is 1. The summed E-state index contributed by atoms with van der Waals surface area (Å²) < 4.78 is 22.3. The summed E-state index contributed by atoms with van der Waals surface area (Å²) in [6, 6.07) is 16.6. The van der Waals surface area contributed by atoms with Gasteiger partial charge in [0.25, 0.3) is 0 Å². The Morgan fingerprint density at radius 1 is 1.16 bits per heavy atom. The highest BCUT2D eigenvalue weighted by Crippen LogP contribution is 2.45. The molecule has 2 heterocycles. The number of hydrogen-bond acceptors (Lipinski definition) is 4. The van der Waals surface area contributed by atoms with Crippen LogP contribution in [0.3, 0.4) is 0 Å². The topological polar surface area (TPSA) is 70.0 Å². The average molecular weight is 434 g/mol. The molecule has 0 radical (unpaired) electrons. The quantitative estimate of drug-likeness (QED) is 0.389. The molecule has 7 heteroatoms. The molecule has 0 bridgehead atoms. The average Bonchev–Trinajstić information content (AvgIpc) is 3.21. The van der Waals surface area contributed by atoms with Gasteiger partial charge in [0.05, 0.1) is 22.6 Å². The van der Waals surface area contributed by atoms with Crippen LogP contribution in [0.15, 0.2) is 48.5 Å². The van der Waals surface area contributed by atoms with Crippen LogP contribution >= 0.6 is 0 Å². The van der Waals surface area contributed by atoms with Gasteiger partial charge in [-0.2, -0.15) is 5.10 Å². The molecule has 2 aromatic heterocycles. The molecular weight excluding hydrogens is 405 g/mol. The Morgan fingerprint density at radius 2 is 1.94 bits per heavy atom. The van der Waals surface area contributed by atoms with Gasteiger partial charge in [0.15, 0.2) is 0 Å². The number of hydrogen-bond donors (Lipinski definition) is 2. The molecule has 0 spiro atoms. The van der Waals surface area contributed by atoms with Crippen LogP contribution in [0.1, 0.15) is 31.0 Å². The molecule has 4 aromatic rings. The number of nitrogens with two attached hydrogens (primary N) is 1. The van der Waals surface area contributed by atoms with Crippen LogP contribution in [0.25, 0.3) is 22.2 Å². The van der Waals surface area contributed by atoms with Crippen LogP contribution in [0.4, 0.5) is 21.6 Å². The van der Waals surface area contributed by atoms with Crippen molar-refractivity contribution in [2.75, 3.05) is 24.3 Å². The summed E-state index contributed by atoms with van der Waals surface area (Å²) in [6.45, 7) is 1.53. The molecule has 3 N–H and O–H groups in total. The van der Waals surface area contributed by atoms with Gasteiger partial charge in [0.2, 0.25) is 0 Å². The molecule has 0 atom stereocenters. The van der Waals surface area contributed by atoms with Gasteiger partial charge in [-0.1, -0.05) is 12.1 Å². The van der Waals surface area contributed by atoms with Crippen LogP contribution in [0.5, 0.6) is 5.75 Å². The van der Waals surface area contributed by atoms with Crippen LogP contribution in [0, 0.1) is 6.92 Å². The summed E-state index contributed by atoms with van der Waals surface area (Å²) in [5.41, 5.74) is 12.6. The summed E-state index contributed by atoms with van der Waals surface area (Å²) in [5, 5.41) is 8.81. The second kappa shape index (κ2) is 8.22. The zero-order valence-corrected chi connectivity index (χ0v) is 18.4. The van der Waals surface area contributed by atoms with Crippen LogP contribution < -0.4 is 15.8 Å². The van der Waals surface area contributed by atoms with Gasteiger partial charge >= 0.3 is 0 Å². The van der Waals surface area contributed by atoms with Crippen molar-refractivity contribution in [3.05, 3.63) is 54.2 Å². The van der Waals surface area contributed by atoms with Gasteiger partial charge in [0.1, 0.15) is 24.8 Å². The molecule has 0 amide bonds. The van der Waals surface area contributed by atoms with Crippen molar-refractivity contribution in [1.29, 1.82) is 0 Å². The molecule has 5 rings (SSSR count). The number of halogens is 1. The van der Waals surface area contributed by atoms with Gasteiger partial charge < -0.3 is 20.4 Å². The smallest absolute Gasteiger partial charge is 0.128 e. The third-order valence-electron chi connectivity index (χ3n) is 6.23. The van der Waals surface area contributed by atoms with E-state index in [4.69, 9.17) is 10.5 Å². The Morgan fingerprint density at radius 3 is 2.56 bits per heavy atom. The molecule has 32 heavy (non-hydrogen) atoms. The van der Waals surface area contributed by atoms with Crippen LogP contribution in [-0.4, -0.2) is 27.6 Å². The molecule has 2 aromatic carbocycles. The molecule has 6 nitrogen and oxygen atoms in total. The number of aryl methyl sites for hydroxylation is 2. The lowest BCUT2D eigenvalue weighted by Gasteiger charge is -2.30. The predicted octanol–water partition coefficient (Wildman–Crippen LogP) is 5.75. The molecule has 1 fully saturated rings. The monoisotopic (exact) mass is 433 g/mol. The number of nitrogens with zero attached hydrogens (tertiary/aromatic N) is 3. The maximum absolute atomic E-state index is 12.6. The summed E-state index contributed by atoms with van der Waals surface area (Å²) in [7, 11) is 1.92. The second-order valence-electron chi connectivity index (χ2n) is 8.43. The lowest BCUT2D eigenvalue weighted by molar-refractivity contribution is 0.273. The first-order chi connectivity index (χ1) is 15.5. The Kier molecular flexibility index (Phi) is 5.25. The minimum absolute atomic E-state index is 0.0582. The number of ether oxygens (including phenoxy) is 1. The highest BCUT2D eigenvalue weighted by molar-refractivity contribution is 6.01. The zero-order valence-electron chi connectivity index (χ0n) is 18.4. The van der Waals surface area contributed by atoms with Gasteiger partial charge in [-0.25, -0.2) is 4.39 Å². The number of rotatable bonds is 7. The Hall–Kier alpha value is -3.48. The number of anilines is 3. The van der Waals surface area contributed by atoms with E-state index in [2.05, 4.69) is 39.2 Å². The fourth-order valence-corrected chi connectivity index (χ4v) is 4.47. The highest BCUT2D eigenvalue weighted by Gasteiger charge is 2.27. The molecule has 0 unspecified atom stereocenters. The third-order valence-corrected chi connectivity index (χ3v) is 6.23. The maximum atomic E-state index is 12.6.